The molecule has 0 aliphatic heterocycles. The highest BCUT2D eigenvalue weighted by Crippen LogP contribution is 2.15. The maximum absolute atomic E-state index is 10.7. The lowest BCUT2D eigenvalue weighted by atomic mass is 10.2. The van der Waals surface area contributed by atoms with E-state index in [-0.39, 0.29) is 0 Å². The maximum atomic E-state index is 10.7. The highest BCUT2D eigenvalue weighted by Gasteiger charge is 2.01. The van der Waals surface area contributed by atoms with Gasteiger partial charge in [0.1, 0.15) is 11.3 Å². The zero-order valence-electron chi connectivity index (χ0n) is 6.09. The summed E-state index contributed by atoms with van der Waals surface area (Å²) in [6, 6.07) is 6.70. The molecule has 12 heavy (non-hydrogen) atoms. The molecule has 0 fully saturated rings. The first-order valence-electron chi connectivity index (χ1n) is 3.22. The topological polar surface area (TPSA) is 26.3 Å². The van der Waals surface area contributed by atoms with Gasteiger partial charge in [0.25, 0.3) is 5.24 Å². The molecule has 1 aromatic rings. The minimum atomic E-state index is -0.477. The molecule has 0 aromatic heterocycles. The van der Waals surface area contributed by atoms with Crippen LogP contribution in [0.4, 0.5) is 0 Å². The molecule has 0 bridgehead atoms. The van der Waals surface area contributed by atoms with E-state index < -0.39 is 5.24 Å². The number of ether oxygens (including phenoxy) is 1. The molecule has 0 unspecified atom stereocenters. The molecule has 0 spiro atoms. The molecule has 0 radical (unpaired) electrons. The summed E-state index contributed by atoms with van der Waals surface area (Å²) in [6.45, 7) is 0. The van der Waals surface area contributed by atoms with Gasteiger partial charge in [0.2, 0.25) is 0 Å². The van der Waals surface area contributed by atoms with E-state index in [2.05, 4.69) is 15.9 Å². The molecular weight excluding hydrogens is 243 g/mol. The predicted molar refractivity (Wildman–Crippen MR) is 51.0 cm³/mol. The summed E-state index contributed by atoms with van der Waals surface area (Å²) in [5, 5.41) is -0.477. The van der Waals surface area contributed by atoms with E-state index in [1.165, 1.54) is 0 Å². The quantitative estimate of drug-likeness (QED) is 0.608. The van der Waals surface area contributed by atoms with Crippen LogP contribution in [0, 0.1) is 0 Å². The molecule has 0 amide bonds. The summed E-state index contributed by atoms with van der Waals surface area (Å²) in [7, 11) is 0. The highest BCUT2D eigenvalue weighted by atomic mass is 79.9. The second-order valence-electron chi connectivity index (χ2n) is 2.05. The van der Waals surface area contributed by atoms with Gasteiger partial charge in [-0.3, -0.25) is 4.79 Å². The third-order valence-corrected chi connectivity index (χ3v) is 1.73. The summed E-state index contributed by atoms with van der Waals surface area (Å²) in [5.74, 6) is 0.623. The van der Waals surface area contributed by atoms with Crippen LogP contribution in [0.2, 0.25) is 0 Å². The van der Waals surface area contributed by atoms with Gasteiger partial charge in [-0.1, -0.05) is 6.07 Å². The molecule has 64 valence electrons. The van der Waals surface area contributed by atoms with Crippen molar-refractivity contribution < 1.29 is 9.53 Å². The number of carbonyl (C=O) groups excluding carboxylic acids is 1. The van der Waals surface area contributed by atoms with Crippen LogP contribution in [0.15, 0.2) is 24.3 Å². The second kappa shape index (κ2) is 4.48. The van der Waals surface area contributed by atoms with Gasteiger partial charge in [0.05, 0.1) is 0 Å². The number of hydrogen-bond donors (Lipinski definition) is 0. The van der Waals surface area contributed by atoms with Gasteiger partial charge in [-0.2, -0.15) is 0 Å². The molecule has 0 saturated carbocycles. The lowest BCUT2D eigenvalue weighted by molar-refractivity contribution is 0.108. The van der Waals surface area contributed by atoms with Crippen molar-refractivity contribution in [2.75, 3.05) is 5.52 Å². The Morgan fingerprint density at radius 2 is 2.33 bits per heavy atom. The van der Waals surface area contributed by atoms with Crippen LogP contribution in [-0.4, -0.2) is 10.8 Å². The number of halogens is 2. The fourth-order valence-electron chi connectivity index (χ4n) is 0.771. The lowest BCUT2D eigenvalue weighted by Crippen LogP contribution is -1.92. The van der Waals surface area contributed by atoms with E-state index in [0.717, 1.165) is 0 Å². The fraction of sp³-hybridized carbons (Fsp3) is 0.125. The summed E-state index contributed by atoms with van der Waals surface area (Å²) in [6.07, 6.45) is 0. The highest BCUT2D eigenvalue weighted by molar-refractivity contribution is 9.09. The van der Waals surface area contributed by atoms with Crippen LogP contribution >= 0.6 is 27.5 Å². The minimum absolute atomic E-state index is 0.396. The van der Waals surface area contributed by atoms with Gasteiger partial charge in [-0.25, -0.2) is 0 Å². The third kappa shape index (κ3) is 2.50. The average Bonchev–Trinajstić information content (AvgIpc) is 2.05. The van der Waals surface area contributed by atoms with Crippen molar-refractivity contribution in [1.82, 2.24) is 0 Å². The van der Waals surface area contributed by atoms with Crippen molar-refractivity contribution in [3.05, 3.63) is 29.8 Å². The van der Waals surface area contributed by atoms with Crippen molar-refractivity contribution in [2.45, 2.75) is 0 Å². The predicted octanol–water partition coefficient (Wildman–Crippen LogP) is 2.80. The van der Waals surface area contributed by atoms with Gasteiger partial charge in [-0.05, 0) is 45.7 Å². The van der Waals surface area contributed by atoms with E-state index in [1.807, 2.05) is 0 Å². The van der Waals surface area contributed by atoms with Crippen LogP contribution in [0.3, 0.4) is 0 Å². The number of carbonyl (C=O) groups is 1. The summed E-state index contributed by atoms with van der Waals surface area (Å²) >= 11 is 8.38. The Morgan fingerprint density at radius 1 is 1.58 bits per heavy atom. The Morgan fingerprint density at radius 3 is 2.92 bits per heavy atom. The van der Waals surface area contributed by atoms with E-state index in [9.17, 15) is 4.79 Å². The largest absolute Gasteiger partial charge is 0.482 e. The third-order valence-electron chi connectivity index (χ3n) is 1.28. The first-order valence-corrected chi connectivity index (χ1v) is 4.72. The molecule has 0 saturated heterocycles. The number of alkyl halides is 1. The van der Waals surface area contributed by atoms with Crippen molar-refractivity contribution in [3.63, 3.8) is 0 Å². The van der Waals surface area contributed by atoms with Gasteiger partial charge in [0, 0.05) is 5.56 Å². The standard InChI is InChI=1S/C8H6BrClO2/c9-5-12-7-3-1-2-6(4-7)8(10)11/h1-4H,5H2. The number of hydrogen-bond acceptors (Lipinski definition) is 2. The number of benzene rings is 1. The first kappa shape index (κ1) is 9.55. The van der Waals surface area contributed by atoms with Gasteiger partial charge >= 0.3 is 0 Å². The second-order valence-corrected chi connectivity index (χ2v) is 2.86. The normalized spacial score (nSPS) is 9.50. The SMILES string of the molecule is O=C(Cl)c1cccc(OCBr)c1. The molecule has 4 heteroatoms. The van der Waals surface area contributed by atoms with E-state index in [1.54, 1.807) is 24.3 Å². The van der Waals surface area contributed by atoms with E-state index >= 15 is 0 Å². The molecule has 1 aromatic carbocycles. The Kier molecular flexibility index (Phi) is 3.56. The van der Waals surface area contributed by atoms with Crippen molar-refractivity contribution in [1.29, 1.82) is 0 Å². The molecule has 0 atom stereocenters. The Labute approximate surface area is 83.6 Å². The van der Waals surface area contributed by atoms with Crippen LogP contribution in [0.1, 0.15) is 10.4 Å². The van der Waals surface area contributed by atoms with Gasteiger partial charge in [-0.15, -0.1) is 0 Å². The molecule has 0 aliphatic rings. The van der Waals surface area contributed by atoms with Gasteiger partial charge in [0.15, 0.2) is 0 Å². The molecule has 0 aliphatic carbocycles. The molecule has 1 rings (SSSR count). The van der Waals surface area contributed by atoms with Crippen molar-refractivity contribution in [2.24, 2.45) is 0 Å². The Bertz CT molecular complexity index is 288. The number of rotatable bonds is 3. The molecule has 0 N–H and O–H groups in total. The Hall–Kier alpha value is -0.540. The zero-order chi connectivity index (χ0) is 8.97. The minimum Gasteiger partial charge on any atom is -0.482 e. The molecule has 2 nitrogen and oxygen atoms in total. The maximum Gasteiger partial charge on any atom is 0.252 e. The smallest absolute Gasteiger partial charge is 0.252 e. The van der Waals surface area contributed by atoms with Crippen LogP contribution in [0.25, 0.3) is 0 Å². The fourth-order valence-corrected chi connectivity index (χ4v) is 1.15. The van der Waals surface area contributed by atoms with Crippen molar-refractivity contribution >= 4 is 32.8 Å². The first-order chi connectivity index (χ1) is 5.74. The van der Waals surface area contributed by atoms with Crippen molar-refractivity contribution in [3.8, 4) is 5.75 Å². The Balaban J connectivity index is 2.88. The monoisotopic (exact) mass is 248 g/mol. The van der Waals surface area contributed by atoms with Crippen LogP contribution in [0.5, 0.6) is 5.75 Å². The zero-order valence-corrected chi connectivity index (χ0v) is 8.43. The summed E-state index contributed by atoms with van der Waals surface area (Å²) < 4.78 is 5.10. The summed E-state index contributed by atoms with van der Waals surface area (Å²) in [5.41, 5.74) is 0.836. The van der Waals surface area contributed by atoms with Crippen LogP contribution < -0.4 is 4.74 Å². The van der Waals surface area contributed by atoms with Gasteiger partial charge < -0.3 is 4.74 Å². The lowest BCUT2D eigenvalue weighted by Gasteiger charge is -2.01. The van der Waals surface area contributed by atoms with E-state index in [0.29, 0.717) is 16.8 Å². The van der Waals surface area contributed by atoms with E-state index in [4.69, 9.17) is 16.3 Å². The average molecular weight is 249 g/mol. The molecule has 0 heterocycles. The summed E-state index contributed by atoms with van der Waals surface area (Å²) in [4.78, 5) is 10.7. The van der Waals surface area contributed by atoms with Crippen LogP contribution in [-0.2, 0) is 0 Å². The molecular formula is C8H6BrClO2.